The molecule has 0 bridgehead atoms. The summed E-state index contributed by atoms with van der Waals surface area (Å²) in [5.74, 6) is 1.15. The minimum absolute atomic E-state index is 0.0304. The van der Waals surface area contributed by atoms with Crippen LogP contribution in [0.25, 0.3) is 0 Å². The van der Waals surface area contributed by atoms with Gasteiger partial charge in [-0.3, -0.25) is 9.59 Å². The highest BCUT2D eigenvalue weighted by Crippen LogP contribution is 2.21. The van der Waals surface area contributed by atoms with Gasteiger partial charge in [0.2, 0.25) is 0 Å². The quantitative estimate of drug-likeness (QED) is 0.0216. The smallest absolute Gasteiger partial charge is 0.305 e. The monoisotopic (exact) mass is 1070 g/mol. The van der Waals surface area contributed by atoms with Crippen molar-refractivity contribution in [2.24, 2.45) is 11.8 Å². The van der Waals surface area contributed by atoms with Crippen LogP contribution in [-0.4, -0.2) is 66.3 Å². The van der Waals surface area contributed by atoms with Crippen LogP contribution in [0.5, 0.6) is 0 Å². The predicted molar refractivity (Wildman–Crippen MR) is 312 cm³/mol. The van der Waals surface area contributed by atoms with Gasteiger partial charge >= 0.3 is 11.9 Å². The number of halogens is 1. The lowest BCUT2D eigenvalue weighted by molar-refractivity contribution is -0.146. The molecule has 0 spiro atoms. The van der Waals surface area contributed by atoms with E-state index in [2.05, 4.69) is 95.7 Å². The highest BCUT2D eigenvalue weighted by atomic mass is 127. The molecule has 0 saturated carbocycles. The van der Waals surface area contributed by atoms with Gasteiger partial charge in [0.25, 0.3) is 0 Å². The molecule has 0 fully saturated rings. The number of esters is 2. The second-order valence-corrected chi connectivity index (χ2v) is 18.0. The molecule has 67 heavy (non-hydrogen) atoms. The standard InChI is InChI=1S/C29H59NO2.C20H40O2.C3H8O.C3H8.C2H6.C2H2.CH3I/c1-5-9-12-13-14-16-19-23-28(22-10-6-2)27-32-29(31)24-20-17-15-18-21-26-30(8-4)25-11-7-3;1-4-7-9-11-13-15-17-19(18-22-20(21)6-3)16-14-12-10-8-5-2;1-2-3-4;1-3-2;3*1-2/h28H,5-27H2,1-4H3;19H,4-18H2,1-3H3;4H,2-3H2,1H3;3H2,1-2H3;1-2H3;1-2H;1H3. The number of hydrogen-bond acceptors (Lipinski definition) is 6. The third kappa shape index (κ3) is 82.4. The molecule has 0 aliphatic carbocycles. The summed E-state index contributed by atoms with van der Waals surface area (Å²) in [6.45, 7) is 30.9. The maximum absolute atomic E-state index is 12.2. The number of carbonyl (C=O) groups excluding carboxylic acids is 2. The zero-order valence-corrected chi connectivity index (χ0v) is 50.4. The molecule has 0 rings (SSSR count). The van der Waals surface area contributed by atoms with Crippen molar-refractivity contribution in [1.29, 1.82) is 0 Å². The van der Waals surface area contributed by atoms with Crippen LogP contribution in [0.2, 0.25) is 0 Å². The molecule has 2 atom stereocenters. The minimum Gasteiger partial charge on any atom is -0.465 e. The average Bonchev–Trinajstić information content (AvgIpc) is 3.36. The van der Waals surface area contributed by atoms with Crippen LogP contribution in [0, 0.1) is 24.7 Å². The first-order chi connectivity index (χ1) is 32.7. The Bertz CT molecular complexity index is 839. The van der Waals surface area contributed by atoms with E-state index in [-0.39, 0.29) is 11.9 Å². The topological polar surface area (TPSA) is 76.1 Å². The largest absolute Gasteiger partial charge is 0.465 e. The van der Waals surface area contributed by atoms with E-state index in [9.17, 15) is 9.59 Å². The number of nitrogens with zero attached hydrogens (tertiary/aromatic N) is 1. The fourth-order valence-electron chi connectivity index (χ4n) is 7.30. The van der Waals surface area contributed by atoms with Gasteiger partial charge in [-0.25, -0.2) is 0 Å². The van der Waals surface area contributed by atoms with Gasteiger partial charge in [-0.15, -0.1) is 12.8 Å². The lowest BCUT2D eigenvalue weighted by atomic mass is 9.95. The Kier molecular flexibility index (Phi) is 98.3. The van der Waals surface area contributed by atoms with Crippen LogP contribution in [0.3, 0.4) is 0 Å². The van der Waals surface area contributed by atoms with Crippen molar-refractivity contribution in [3.63, 3.8) is 0 Å². The summed E-state index contributed by atoms with van der Waals surface area (Å²) in [6.07, 6.45) is 51.4. The van der Waals surface area contributed by atoms with Crippen LogP contribution >= 0.6 is 22.6 Å². The lowest BCUT2D eigenvalue weighted by Gasteiger charge is -2.19. The highest BCUT2D eigenvalue weighted by Gasteiger charge is 2.13. The number of aliphatic hydroxyl groups is 1. The molecule has 0 heterocycles. The number of rotatable bonds is 42. The predicted octanol–water partition coefficient (Wildman–Crippen LogP) is 19.7. The van der Waals surface area contributed by atoms with Crippen molar-refractivity contribution in [2.75, 3.05) is 44.4 Å². The average molecular weight is 1070 g/mol. The van der Waals surface area contributed by atoms with Crippen molar-refractivity contribution >= 4 is 34.5 Å². The fourth-order valence-corrected chi connectivity index (χ4v) is 7.30. The van der Waals surface area contributed by atoms with E-state index >= 15 is 0 Å². The summed E-state index contributed by atoms with van der Waals surface area (Å²) in [4.78, 5) is 28.1. The van der Waals surface area contributed by atoms with E-state index in [0.29, 0.717) is 44.5 Å². The minimum atomic E-state index is -0.0427. The molecular weight excluding hydrogens is 942 g/mol. The molecule has 408 valence electrons. The van der Waals surface area contributed by atoms with Crippen molar-refractivity contribution in [3.8, 4) is 12.8 Å². The van der Waals surface area contributed by atoms with E-state index in [0.717, 1.165) is 19.3 Å². The van der Waals surface area contributed by atoms with Crippen LogP contribution in [0.15, 0.2) is 0 Å². The second-order valence-electron chi connectivity index (χ2n) is 18.0. The van der Waals surface area contributed by atoms with E-state index < -0.39 is 0 Å². The number of unbranched alkanes of at least 4 members (excludes halogenated alkanes) is 21. The highest BCUT2D eigenvalue weighted by molar-refractivity contribution is 14.1. The summed E-state index contributed by atoms with van der Waals surface area (Å²) >= 11 is 2.15. The zero-order chi connectivity index (χ0) is 52.3. The van der Waals surface area contributed by atoms with Crippen molar-refractivity contribution in [2.45, 2.75) is 308 Å². The number of hydrogen-bond donors (Lipinski definition) is 1. The molecule has 0 radical (unpaired) electrons. The third-order valence-corrected chi connectivity index (χ3v) is 11.5. The number of alkyl halides is 1. The molecule has 1 N–H and O–H groups in total. The Morgan fingerprint density at radius 1 is 0.448 bits per heavy atom. The zero-order valence-electron chi connectivity index (χ0n) is 48.2. The summed E-state index contributed by atoms with van der Waals surface area (Å²) < 4.78 is 11.1. The molecule has 6 nitrogen and oxygen atoms in total. The van der Waals surface area contributed by atoms with Crippen molar-refractivity contribution in [1.82, 2.24) is 4.90 Å². The molecule has 2 unspecified atom stereocenters. The first-order valence-electron chi connectivity index (χ1n) is 29.1. The molecule has 0 aromatic rings. The molecule has 0 aliphatic heterocycles. The molecule has 0 amide bonds. The van der Waals surface area contributed by atoms with Gasteiger partial charge in [0.05, 0.1) is 13.2 Å². The van der Waals surface area contributed by atoms with E-state index in [4.69, 9.17) is 14.6 Å². The summed E-state index contributed by atoms with van der Waals surface area (Å²) in [5, 5.41) is 7.88. The Balaban J connectivity index is -0.000000177. The third-order valence-electron chi connectivity index (χ3n) is 11.5. The van der Waals surface area contributed by atoms with Crippen LogP contribution in [0.1, 0.15) is 308 Å². The number of ether oxygens (including phenoxy) is 2. The van der Waals surface area contributed by atoms with Crippen LogP contribution < -0.4 is 0 Å². The second kappa shape index (κ2) is 82.1. The van der Waals surface area contributed by atoms with Gasteiger partial charge in [0.15, 0.2) is 0 Å². The molecular formula is C60H126INO5. The molecule has 7 heteroatoms. The number of carbonyl (C=O) groups is 2. The normalized spacial score (nSPS) is 10.9. The number of terminal acetylenes is 1. The summed E-state index contributed by atoms with van der Waals surface area (Å²) in [7, 11) is 0. The first kappa shape index (κ1) is 80.3. The Morgan fingerprint density at radius 3 is 1.09 bits per heavy atom. The van der Waals surface area contributed by atoms with Gasteiger partial charge < -0.3 is 19.5 Å². The molecule has 0 aliphatic rings. The van der Waals surface area contributed by atoms with Crippen molar-refractivity contribution < 1.29 is 24.2 Å². The summed E-state index contributed by atoms with van der Waals surface area (Å²) in [5.41, 5.74) is 0. The fraction of sp³-hybridized carbons (Fsp3) is 0.933. The van der Waals surface area contributed by atoms with Gasteiger partial charge in [-0.2, -0.15) is 0 Å². The van der Waals surface area contributed by atoms with Gasteiger partial charge in [-0.05, 0) is 87.8 Å². The van der Waals surface area contributed by atoms with Gasteiger partial charge in [-0.1, -0.05) is 266 Å². The molecule has 0 saturated heterocycles. The maximum Gasteiger partial charge on any atom is 0.305 e. The molecule has 0 aromatic carbocycles. The Labute approximate surface area is 438 Å². The van der Waals surface area contributed by atoms with E-state index in [1.165, 1.54) is 212 Å². The first-order valence-corrected chi connectivity index (χ1v) is 31.3. The Morgan fingerprint density at radius 2 is 0.746 bits per heavy atom. The van der Waals surface area contributed by atoms with Gasteiger partial charge in [0.1, 0.15) is 0 Å². The van der Waals surface area contributed by atoms with Crippen molar-refractivity contribution in [3.05, 3.63) is 0 Å². The summed E-state index contributed by atoms with van der Waals surface area (Å²) in [6, 6.07) is 0. The van der Waals surface area contributed by atoms with E-state index in [1.807, 2.05) is 32.6 Å². The van der Waals surface area contributed by atoms with Crippen LogP contribution in [-0.2, 0) is 19.1 Å². The lowest BCUT2D eigenvalue weighted by Crippen LogP contribution is -2.25. The SMILES string of the molecule is C#C.CC.CCC.CCCCCCCCC(CCCCCCC)COC(=O)CC.CCCCCCCCCC(CCCC)COC(=O)CCCCCCCN(CC)CCCC.CCCO.CI. The van der Waals surface area contributed by atoms with E-state index in [1.54, 1.807) is 0 Å². The van der Waals surface area contributed by atoms with Gasteiger partial charge in [0, 0.05) is 19.4 Å². The Hall–Kier alpha value is -0.850. The number of aliphatic hydroxyl groups excluding tert-OH is 1. The van der Waals surface area contributed by atoms with Crippen LogP contribution in [0.4, 0.5) is 0 Å². The maximum atomic E-state index is 12.2. The molecule has 0 aromatic heterocycles.